The van der Waals surface area contributed by atoms with Crippen molar-refractivity contribution in [1.82, 2.24) is 9.97 Å². The number of fused-ring (bicyclic) bond motifs is 1. The van der Waals surface area contributed by atoms with Crippen LogP contribution in [-0.2, 0) is 4.74 Å². The van der Waals surface area contributed by atoms with Crippen LogP contribution in [0.4, 0.5) is 0 Å². The number of aromatic nitrogens is 2. The van der Waals surface area contributed by atoms with Gasteiger partial charge in [-0.25, -0.2) is 9.78 Å². The summed E-state index contributed by atoms with van der Waals surface area (Å²) in [6.45, 7) is 0. The molecule has 0 aliphatic carbocycles. The molecular formula is C15H12N2O4. The monoisotopic (exact) mass is 284 g/mol. The minimum absolute atomic E-state index is 0.206. The smallest absolute Gasteiger partial charge is 0.344 e. The number of esters is 1. The molecule has 0 spiro atoms. The standard InChI is InChI=1S/C15H12N2O4/c1-19-13-9(8-16-15(17-13)20-2)7-12-10-5-3-4-6-11(10)14(18)21-12/h3-8H,1-2H3/b12-7-. The zero-order valence-corrected chi connectivity index (χ0v) is 11.5. The topological polar surface area (TPSA) is 70.5 Å². The Morgan fingerprint density at radius 2 is 1.90 bits per heavy atom. The molecular weight excluding hydrogens is 272 g/mol. The van der Waals surface area contributed by atoms with E-state index in [0.29, 0.717) is 22.8 Å². The number of cyclic esters (lactones) is 1. The summed E-state index contributed by atoms with van der Waals surface area (Å²) in [5, 5.41) is 0. The highest BCUT2D eigenvalue weighted by molar-refractivity contribution is 6.05. The van der Waals surface area contributed by atoms with E-state index in [0.717, 1.165) is 5.56 Å². The van der Waals surface area contributed by atoms with Crippen LogP contribution in [0, 0.1) is 0 Å². The third-order valence-electron chi connectivity index (χ3n) is 3.04. The largest absolute Gasteiger partial charge is 0.480 e. The van der Waals surface area contributed by atoms with Gasteiger partial charge in [-0.15, -0.1) is 0 Å². The first-order chi connectivity index (χ1) is 10.2. The van der Waals surface area contributed by atoms with Gasteiger partial charge in [-0.2, -0.15) is 4.98 Å². The number of nitrogens with zero attached hydrogens (tertiary/aromatic N) is 2. The average Bonchev–Trinajstić information content (AvgIpc) is 2.84. The summed E-state index contributed by atoms with van der Waals surface area (Å²) in [5.74, 6) is 0.419. The van der Waals surface area contributed by atoms with E-state index in [2.05, 4.69) is 9.97 Å². The van der Waals surface area contributed by atoms with E-state index < -0.39 is 0 Å². The maximum Gasteiger partial charge on any atom is 0.344 e. The molecule has 2 aromatic rings. The first-order valence-corrected chi connectivity index (χ1v) is 6.21. The Kier molecular flexibility index (Phi) is 3.27. The quantitative estimate of drug-likeness (QED) is 0.804. The fourth-order valence-corrected chi connectivity index (χ4v) is 2.06. The number of methoxy groups -OCH3 is 2. The van der Waals surface area contributed by atoms with Gasteiger partial charge in [-0.1, -0.05) is 18.2 Å². The molecule has 0 saturated heterocycles. The van der Waals surface area contributed by atoms with Crippen molar-refractivity contribution in [1.29, 1.82) is 0 Å². The highest BCUT2D eigenvalue weighted by Crippen LogP contribution is 2.32. The minimum Gasteiger partial charge on any atom is -0.480 e. The molecule has 21 heavy (non-hydrogen) atoms. The molecule has 0 atom stereocenters. The molecule has 6 nitrogen and oxygen atoms in total. The van der Waals surface area contributed by atoms with Crippen molar-refractivity contribution in [3.8, 4) is 11.9 Å². The van der Waals surface area contributed by atoms with Gasteiger partial charge >= 0.3 is 12.0 Å². The first kappa shape index (κ1) is 13.1. The van der Waals surface area contributed by atoms with Crippen molar-refractivity contribution in [2.45, 2.75) is 0 Å². The molecule has 2 heterocycles. The lowest BCUT2D eigenvalue weighted by Gasteiger charge is -2.06. The van der Waals surface area contributed by atoms with Crippen LogP contribution in [0.2, 0.25) is 0 Å². The molecule has 3 rings (SSSR count). The molecule has 0 saturated carbocycles. The number of carbonyl (C=O) groups is 1. The third-order valence-corrected chi connectivity index (χ3v) is 3.04. The highest BCUT2D eigenvalue weighted by Gasteiger charge is 2.26. The lowest BCUT2D eigenvalue weighted by molar-refractivity contribution is 0.0717. The van der Waals surface area contributed by atoms with Crippen molar-refractivity contribution in [2.75, 3.05) is 14.2 Å². The Labute approximate surface area is 121 Å². The summed E-state index contributed by atoms with van der Waals surface area (Å²) >= 11 is 0. The molecule has 0 unspecified atom stereocenters. The van der Waals surface area contributed by atoms with Crippen LogP contribution in [0.5, 0.6) is 11.9 Å². The maximum atomic E-state index is 11.8. The summed E-state index contributed by atoms with van der Waals surface area (Å²) in [7, 11) is 2.97. The highest BCUT2D eigenvalue weighted by atomic mass is 16.5. The van der Waals surface area contributed by atoms with Crippen molar-refractivity contribution in [3.05, 3.63) is 47.2 Å². The second-order valence-corrected chi connectivity index (χ2v) is 4.27. The lowest BCUT2D eigenvalue weighted by atomic mass is 10.1. The van der Waals surface area contributed by atoms with Crippen molar-refractivity contribution in [2.24, 2.45) is 0 Å². The zero-order valence-electron chi connectivity index (χ0n) is 11.5. The average molecular weight is 284 g/mol. The minimum atomic E-state index is -0.370. The molecule has 0 amide bonds. The Balaban J connectivity index is 2.06. The van der Waals surface area contributed by atoms with E-state index in [1.807, 2.05) is 12.1 Å². The molecule has 0 fully saturated rings. The lowest BCUT2D eigenvalue weighted by Crippen LogP contribution is -1.97. The molecule has 6 heteroatoms. The van der Waals surface area contributed by atoms with E-state index in [1.54, 1.807) is 24.4 Å². The SMILES string of the molecule is COc1ncc(/C=C2\OC(=O)c3ccccc32)c(OC)n1. The van der Waals surface area contributed by atoms with E-state index in [-0.39, 0.29) is 12.0 Å². The second kappa shape index (κ2) is 5.24. The predicted octanol–water partition coefficient (Wildman–Crippen LogP) is 2.16. The molecule has 0 N–H and O–H groups in total. The summed E-state index contributed by atoms with van der Waals surface area (Å²) in [5.41, 5.74) is 1.87. The normalized spacial score (nSPS) is 14.8. The number of hydrogen-bond donors (Lipinski definition) is 0. The Bertz CT molecular complexity index is 740. The van der Waals surface area contributed by atoms with E-state index in [1.165, 1.54) is 14.2 Å². The van der Waals surface area contributed by atoms with Crippen LogP contribution >= 0.6 is 0 Å². The first-order valence-electron chi connectivity index (χ1n) is 6.21. The van der Waals surface area contributed by atoms with Gasteiger partial charge in [0.1, 0.15) is 5.76 Å². The maximum absolute atomic E-state index is 11.8. The number of benzene rings is 1. The van der Waals surface area contributed by atoms with Crippen LogP contribution in [0.25, 0.3) is 11.8 Å². The van der Waals surface area contributed by atoms with Gasteiger partial charge in [0.25, 0.3) is 0 Å². The zero-order chi connectivity index (χ0) is 14.8. The van der Waals surface area contributed by atoms with Crippen LogP contribution in [0.3, 0.4) is 0 Å². The van der Waals surface area contributed by atoms with Gasteiger partial charge in [0.05, 0.1) is 25.3 Å². The third kappa shape index (κ3) is 2.31. The summed E-state index contributed by atoms with van der Waals surface area (Å²) in [6.07, 6.45) is 3.22. The summed E-state index contributed by atoms with van der Waals surface area (Å²) < 4.78 is 15.4. The number of carbonyl (C=O) groups excluding carboxylic acids is 1. The van der Waals surface area contributed by atoms with Crippen LogP contribution in [0.15, 0.2) is 30.5 Å². The molecule has 1 aromatic carbocycles. The van der Waals surface area contributed by atoms with Gasteiger partial charge < -0.3 is 14.2 Å². The number of hydrogen-bond acceptors (Lipinski definition) is 6. The Morgan fingerprint density at radius 1 is 1.14 bits per heavy atom. The Hall–Kier alpha value is -2.89. The van der Waals surface area contributed by atoms with E-state index in [9.17, 15) is 4.79 Å². The van der Waals surface area contributed by atoms with Crippen LogP contribution < -0.4 is 9.47 Å². The van der Waals surface area contributed by atoms with Gasteiger partial charge in [0.15, 0.2) is 0 Å². The molecule has 0 bridgehead atoms. The predicted molar refractivity (Wildman–Crippen MR) is 74.9 cm³/mol. The number of rotatable bonds is 3. The fourth-order valence-electron chi connectivity index (χ4n) is 2.06. The van der Waals surface area contributed by atoms with Crippen LogP contribution in [0.1, 0.15) is 21.5 Å². The van der Waals surface area contributed by atoms with Gasteiger partial charge in [0, 0.05) is 11.8 Å². The molecule has 1 aliphatic heterocycles. The molecule has 1 aliphatic rings. The second-order valence-electron chi connectivity index (χ2n) is 4.27. The summed E-state index contributed by atoms with van der Waals surface area (Å²) in [4.78, 5) is 19.9. The van der Waals surface area contributed by atoms with Crippen molar-refractivity contribution < 1.29 is 19.0 Å². The van der Waals surface area contributed by atoms with Crippen molar-refractivity contribution in [3.63, 3.8) is 0 Å². The summed E-state index contributed by atoms with van der Waals surface area (Å²) in [6, 6.07) is 7.39. The van der Waals surface area contributed by atoms with Gasteiger partial charge in [-0.05, 0) is 12.1 Å². The van der Waals surface area contributed by atoms with E-state index in [4.69, 9.17) is 14.2 Å². The van der Waals surface area contributed by atoms with Crippen molar-refractivity contribution >= 4 is 17.8 Å². The van der Waals surface area contributed by atoms with Crippen LogP contribution in [-0.4, -0.2) is 30.2 Å². The van der Waals surface area contributed by atoms with Gasteiger partial charge in [-0.3, -0.25) is 0 Å². The number of ether oxygens (including phenoxy) is 3. The van der Waals surface area contributed by atoms with E-state index >= 15 is 0 Å². The molecule has 0 radical (unpaired) electrons. The fraction of sp³-hybridized carbons (Fsp3) is 0.133. The molecule has 106 valence electrons. The van der Waals surface area contributed by atoms with Gasteiger partial charge in [0.2, 0.25) is 5.88 Å². The Morgan fingerprint density at radius 3 is 2.62 bits per heavy atom. The molecule has 1 aromatic heterocycles.